The first kappa shape index (κ1) is 10.7. The number of hydrogen-bond acceptors (Lipinski definition) is 2. The molecule has 2 rings (SSSR count). The van der Waals surface area contributed by atoms with Crippen molar-refractivity contribution in [1.82, 2.24) is 15.2 Å². The molecule has 0 radical (unpaired) electrons. The molecule has 2 aromatic heterocycles. The van der Waals surface area contributed by atoms with E-state index in [9.17, 15) is 0 Å². The SMILES string of the molecule is CC.CC(C)c1cnc2[nH]ncc2c1. The van der Waals surface area contributed by atoms with E-state index in [2.05, 4.69) is 35.1 Å². The average Bonchev–Trinajstić information content (AvgIpc) is 2.67. The van der Waals surface area contributed by atoms with Gasteiger partial charge in [-0.1, -0.05) is 27.7 Å². The summed E-state index contributed by atoms with van der Waals surface area (Å²) in [5.74, 6) is 0.525. The van der Waals surface area contributed by atoms with Crippen LogP contribution in [0.2, 0.25) is 0 Å². The lowest BCUT2D eigenvalue weighted by atomic mass is 10.1. The van der Waals surface area contributed by atoms with Gasteiger partial charge in [0, 0.05) is 11.6 Å². The van der Waals surface area contributed by atoms with Gasteiger partial charge in [0.05, 0.1) is 6.20 Å². The van der Waals surface area contributed by atoms with Gasteiger partial charge in [-0.2, -0.15) is 5.10 Å². The quantitative estimate of drug-likeness (QED) is 0.752. The third-order valence-electron chi connectivity index (χ3n) is 1.98. The smallest absolute Gasteiger partial charge is 0.155 e. The van der Waals surface area contributed by atoms with E-state index in [0.717, 1.165) is 11.0 Å². The standard InChI is InChI=1S/C9H11N3.C2H6/c1-6(2)7-3-8-5-11-12-9(8)10-4-7;1-2/h3-6H,1-2H3,(H,10,11,12);1-2H3. The fraction of sp³-hybridized carbons (Fsp3) is 0.455. The van der Waals surface area contributed by atoms with E-state index < -0.39 is 0 Å². The lowest BCUT2D eigenvalue weighted by molar-refractivity contribution is 0.861. The molecule has 0 aromatic carbocycles. The number of fused-ring (bicyclic) bond motifs is 1. The van der Waals surface area contributed by atoms with Crippen LogP contribution in [0.1, 0.15) is 39.2 Å². The molecule has 0 spiro atoms. The number of nitrogens with one attached hydrogen (secondary N) is 1. The highest BCUT2D eigenvalue weighted by molar-refractivity contribution is 5.74. The fourth-order valence-corrected chi connectivity index (χ4v) is 1.17. The van der Waals surface area contributed by atoms with Crippen LogP contribution in [-0.2, 0) is 0 Å². The van der Waals surface area contributed by atoms with Crippen molar-refractivity contribution in [2.45, 2.75) is 33.6 Å². The van der Waals surface area contributed by atoms with Gasteiger partial charge >= 0.3 is 0 Å². The second-order valence-corrected chi connectivity index (χ2v) is 3.23. The Labute approximate surface area is 84.6 Å². The minimum absolute atomic E-state index is 0.525. The number of hydrogen-bond donors (Lipinski definition) is 1. The van der Waals surface area contributed by atoms with Crippen molar-refractivity contribution in [1.29, 1.82) is 0 Å². The summed E-state index contributed by atoms with van der Waals surface area (Å²) < 4.78 is 0. The first-order valence-corrected chi connectivity index (χ1v) is 5.06. The second kappa shape index (κ2) is 4.74. The normalized spacial score (nSPS) is 10.1. The fourth-order valence-electron chi connectivity index (χ4n) is 1.17. The molecule has 0 unspecified atom stereocenters. The predicted molar refractivity (Wildman–Crippen MR) is 59.3 cm³/mol. The van der Waals surface area contributed by atoms with E-state index in [1.807, 2.05) is 20.0 Å². The Bertz CT molecular complexity index is 390. The van der Waals surface area contributed by atoms with E-state index in [4.69, 9.17) is 0 Å². The van der Waals surface area contributed by atoms with Gasteiger partial charge in [0.15, 0.2) is 5.65 Å². The summed E-state index contributed by atoms with van der Waals surface area (Å²) in [5.41, 5.74) is 2.11. The summed E-state index contributed by atoms with van der Waals surface area (Å²) in [4.78, 5) is 4.24. The van der Waals surface area contributed by atoms with Crippen LogP contribution in [0.25, 0.3) is 11.0 Å². The molecule has 1 N–H and O–H groups in total. The molecule has 2 aromatic rings. The molecule has 3 nitrogen and oxygen atoms in total. The average molecular weight is 191 g/mol. The minimum Gasteiger partial charge on any atom is -0.261 e. The second-order valence-electron chi connectivity index (χ2n) is 3.23. The van der Waals surface area contributed by atoms with E-state index in [-0.39, 0.29) is 0 Å². The summed E-state index contributed by atoms with van der Waals surface area (Å²) in [7, 11) is 0. The molecular weight excluding hydrogens is 174 g/mol. The third-order valence-corrected chi connectivity index (χ3v) is 1.98. The molecule has 0 aliphatic heterocycles. The van der Waals surface area contributed by atoms with Crippen molar-refractivity contribution >= 4 is 11.0 Å². The van der Waals surface area contributed by atoms with Crippen LogP contribution in [0.3, 0.4) is 0 Å². The van der Waals surface area contributed by atoms with Crippen LogP contribution in [0, 0.1) is 0 Å². The summed E-state index contributed by atoms with van der Waals surface area (Å²) in [5, 5.41) is 7.82. The third kappa shape index (κ3) is 2.10. The number of rotatable bonds is 1. The van der Waals surface area contributed by atoms with Gasteiger partial charge in [-0.3, -0.25) is 5.10 Å². The van der Waals surface area contributed by atoms with Crippen LogP contribution in [0.4, 0.5) is 0 Å². The van der Waals surface area contributed by atoms with Crippen LogP contribution >= 0.6 is 0 Å². The number of aromatic amines is 1. The van der Waals surface area contributed by atoms with Gasteiger partial charge in [0.2, 0.25) is 0 Å². The maximum Gasteiger partial charge on any atom is 0.155 e. The Balaban J connectivity index is 0.000000461. The number of H-pyrrole nitrogens is 1. The van der Waals surface area contributed by atoms with Crippen molar-refractivity contribution in [2.24, 2.45) is 0 Å². The summed E-state index contributed by atoms with van der Waals surface area (Å²) in [6.07, 6.45) is 3.69. The van der Waals surface area contributed by atoms with Crippen LogP contribution in [-0.4, -0.2) is 15.2 Å². The molecule has 0 saturated carbocycles. The molecule has 76 valence electrons. The molecule has 0 aliphatic rings. The summed E-state index contributed by atoms with van der Waals surface area (Å²) in [6.45, 7) is 8.31. The van der Waals surface area contributed by atoms with E-state index in [1.54, 1.807) is 6.20 Å². The van der Waals surface area contributed by atoms with Crippen molar-refractivity contribution in [3.05, 3.63) is 24.0 Å². The molecule has 0 aliphatic carbocycles. The topological polar surface area (TPSA) is 41.6 Å². The van der Waals surface area contributed by atoms with E-state index in [1.165, 1.54) is 5.56 Å². The van der Waals surface area contributed by atoms with E-state index >= 15 is 0 Å². The van der Waals surface area contributed by atoms with Crippen molar-refractivity contribution in [3.63, 3.8) is 0 Å². The molecule has 0 amide bonds. The van der Waals surface area contributed by atoms with Crippen molar-refractivity contribution in [3.8, 4) is 0 Å². The van der Waals surface area contributed by atoms with Crippen molar-refractivity contribution in [2.75, 3.05) is 0 Å². The monoisotopic (exact) mass is 191 g/mol. The van der Waals surface area contributed by atoms with Gasteiger partial charge in [-0.25, -0.2) is 4.98 Å². The maximum atomic E-state index is 4.24. The predicted octanol–water partition coefficient (Wildman–Crippen LogP) is 3.11. The highest BCUT2D eigenvalue weighted by Crippen LogP contribution is 2.16. The zero-order chi connectivity index (χ0) is 10.6. The molecule has 2 heterocycles. The van der Waals surface area contributed by atoms with E-state index in [0.29, 0.717) is 5.92 Å². The minimum atomic E-state index is 0.525. The Kier molecular flexibility index (Phi) is 3.63. The number of nitrogens with zero attached hydrogens (tertiary/aromatic N) is 2. The highest BCUT2D eigenvalue weighted by Gasteiger charge is 2.01. The van der Waals surface area contributed by atoms with Gasteiger partial charge < -0.3 is 0 Å². The van der Waals surface area contributed by atoms with Crippen LogP contribution < -0.4 is 0 Å². The Morgan fingerprint density at radius 3 is 2.57 bits per heavy atom. The summed E-state index contributed by atoms with van der Waals surface area (Å²) in [6, 6.07) is 2.12. The van der Waals surface area contributed by atoms with Crippen LogP contribution in [0.15, 0.2) is 18.5 Å². The zero-order valence-electron chi connectivity index (χ0n) is 9.20. The molecular formula is C11H17N3. The molecule has 3 heteroatoms. The molecule has 0 atom stereocenters. The molecule has 0 bridgehead atoms. The largest absolute Gasteiger partial charge is 0.261 e. The Hall–Kier alpha value is -1.38. The lowest BCUT2D eigenvalue weighted by Gasteiger charge is -2.02. The van der Waals surface area contributed by atoms with Crippen molar-refractivity contribution < 1.29 is 0 Å². The lowest BCUT2D eigenvalue weighted by Crippen LogP contribution is -1.88. The Morgan fingerprint density at radius 2 is 1.93 bits per heavy atom. The molecule has 0 saturated heterocycles. The number of aromatic nitrogens is 3. The molecule has 14 heavy (non-hydrogen) atoms. The first-order chi connectivity index (χ1) is 6.77. The number of pyridine rings is 1. The Morgan fingerprint density at radius 1 is 1.21 bits per heavy atom. The first-order valence-electron chi connectivity index (χ1n) is 5.06. The van der Waals surface area contributed by atoms with Crippen LogP contribution in [0.5, 0.6) is 0 Å². The van der Waals surface area contributed by atoms with Gasteiger partial charge in [0.1, 0.15) is 0 Å². The zero-order valence-corrected chi connectivity index (χ0v) is 9.20. The maximum absolute atomic E-state index is 4.24. The van der Waals surface area contributed by atoms with Gasteiger partial charge in [-0.15, -0.1) is 0 Å². The summed E-state index contributed by atoms with van der Waals surface area (Å²) >= 11 is 0. The highest BCUT2D eigenvalue weighted by atomic mass is 15.1. The van der Waals surface area contributed by atoms with Gasteiger partial charge in [-0.05, 0) is 17.5 Å². The molecule has 0 fully saturated rings. The van der Waals surface area contributed by atoms with Gasteiger partial charge in [0.25, 0.3) is 0 Å².